The molecular formula is C21H22N6O5. The molecule has 0 aliphatic rings. The molecule has 166 valence electrons. The molecule has 2 heterocycles. The van der Waals surface area contributed by atoms with E-state index in [0.717, 1.165) is 0 Å². The predicted molar refractivity (Wildman–Crippen MR) is 114 cm³/mol. The second-order valence-electron chi connectivity index (χ2n) is 6.49. The second-order valence-corrected chi connectivity index (χ2v) is 6.49. The van der Waals surface area contributed by atoms with Gasteiger partial charge in [-0.25, -0.2) is 4.68 Å². The van der Waals surface area contributed by atoms with Crippen LogP contribution in [0, 0.1) is 0 Å². The highest BCUT2D eigenvalue weighted by molar-refractivity contribution is 6.05. The maximum Gasteiger partial charge on any atom is 0.325 e. The first-order chi connectivity index (χ1) is 15.5. The Kier molecular flexibility index (Phi) is 7.11. The van der Waals surface area contributed by atoms with E-state index in [1.165, 1.54) is 20.4 Å². The molecule has 2 N–H and O–H groups in total. The van der Waals surface area contributed by atoms with E-state index in [0.29, 0.717) is 40.6 Å². The molecule has 0 fully saturated rings. The van der Waals surface area contributed by atoms with E-state index in [1.54, 1.807) is 41.1 Å². The molecule has 0 bridgehead atoms. The van der Waals surface area contributed by atoms with Crippen molar-refractivity contribution in [1.29, 1.82) is 0 Å². The van der Waals surface area contributed by atoms with Gasteiger partial charge in [-0.3, -0.25) is 14.4 Å². The number of rotatable bonds is 8. The molecule has 0 aliphatic heterocycles. The van der Waals surface area contributed by atoms with Crippen LogP contribution in [-0.2, 0) is 16.0 Å². The number of carbonyl (C=O) groups excluding carboxylic acids is 3. The lowest BCUT2D eigenvalue weighted by Crippen LogP contribution is -2.30. The summed E-state index contributed by atoms with van der Waals surface area (Å²) in [5.41, 5.74) is 1.90. The summed E-state index contributed by atoms with van der Waals surface area (Å²) in [6.07, 6.45) is 2.00. The van der Waals surface area contributed by atoms with Gasteiger partial charge in [0.15, 0.2) is 5.82 Å². The first kappa shape index (κ1) is 22.4. The van der Waals surface area contributed by atoms with Crippen LogP contribution in [0.15, 0.2) is 42.6 Å². The molecule has 0 spiro atoms. The van der Waals surface area contributed by atoms with E-state index >= 15 is 0 Å². The number of esters is 1. The lowest BCUT2D eigenvalue weighted by Gasteiger charge is -2.09. The maximum atomic E-state index is 12.8. The van der Waals surface area contributed by atoms with E-state index in [2.05, 4.69) is 30.7 Å². The Balaban J connectivity index is 1.71. The van der Waals surface area contributed by atoms with Crippen molar-refractivity contribution in [2.24, 2.45) is 0 Å². The predicted octanol–water partition coefficient (Wildman–Crippen LogP) is 1.39. The monoisotopic (exact) mass is 438 g/mol. The van der Waals surface area contributed by atoms with Gasteiger partial charge >= 0.3 is 5.97 Å². The van der Waals surface area contributed by atoms with Crippen LogP contribution in [0.1, 0.15) is 33.3 Å². The molecule has 11 heteroatoms. The molecule has 3 aromatic rings. The van der Waals surface area contributed by atoms with Crippen LogP contribution >= 0.6 is 0 Å². The number of anilines is 1. The van der Waals surface area contributed by atoms with Gasteiger partial charge in [-0.1, -0.05) is 6.92 Å². The van der Waals surface area contributed by atoms with Gasteiger partial charge in [0.2, 0.25) is 5.88 Å². The molecular weight excluding hydrogens is 416 g/mol. The number of methoxy groups -OCH3 is 2. The highest BCUT2D eigenvalue weighted by atomic mass is 16.5. The highest BCUT2D eigenvalue weighted by Crippen LogP contribution is 2.18. The summed E-state index contributed by atoms with van der Waals surface area (Å²) in [4.78, 5) is 36.0. The molecule has 0 atom stereocenters. The number of hydrogen-bond donors (Lipinski definition) is 2. The average molecular weight is 438 g/mol. The summed E-state index contributed by atoms with van der Waals surface area (Å²) in [6, 6.07) is 9.63. The van der Waals surface area contributed by atoms with Gasteiger partial charge in [0.05, 0.1) is 31.7 Å². The minimum Gasteiger partial charge on any atom is -0.480 e. The zero-order chi connectivity index (χ0) is 23.1. The molecule has 0 radical (unpaired) electrons. The molecule has 0 saturated heterocycles. The van der Waals surface area contributed by atoms with Gasteiger partial charge in [-0.15, -0.1) is 10.2 Å². The Morgan fingerprint density at radius 1 is 1.00 bits per heavy atom. The van der Waals surface area contributed by atoms with E-state index in [9.17, 15) is 14.4 Å². The Bertz CT molecular complexity index is 1110. The number of benzene rings is 1. The minimum absolute atomic E-state index is 0.226. The number of nitrogens with one attached hydrogen (secondary N) is 2. The lowest BCUT2D eigenvalue weighted by atomic mass is 10.1. The summed E-state index contributed by atoms with van der Waals surface area (Å²) >= 11 is 0. The number of nitrogens with zero attached hydrogens (tertiary/aromatic N) is 4. The molecule has 11 nitrogen and oxygen atoms in total. The van der Waals surface area contributed by atoms with Crippen molar-refractivity contribution in [2.45, 2.75) is 13.3 Å². The molecule has 2 aromatic heterocycles. The number of hydrogen-bond acceptors (Lipinski definition) is 8. The van der Waals surface area contributed by atoms with Gasteiger partial charge in [0.25, 0.3) is 11.8 Å². The molecule has 3 rings (SSSR count). The number of carbonyl (C=O) groups is 3. The summed E-state index contributed by atoms with van der Waals surface area (Å²) in [6.45, 7) is 1.68. The van der Waals surface area contributed by atoms with Crippen molar-refractivity contribution < 1.29 is 23.9 Å². The van der Waals surface area contributed by atoms with Crippen molar-refractivity contribution in [3.05, 3.63) is 59.4 Å². The minimum atomic E-state index is -0.546. The van der Waals surface area contributed by atoms with Crippen LogP contribution in [0.3, 0.4) is 0 Å². The molecule has 1 aromatic carbocycles. The van der Waals surface area contributed by atoms with Gasteiger partial charge in [0.1, 0.15) is 6.54 Å². The lowest BCUT2D eigenvalue weighted by molar-refractivity contribution is -0.139. The van der Waals surface area contributed by atoms with E-state index in [4.69, 9.17) is 4.74 Å². The highest BCUT2D eigenvalue weighted by Gasteiger charge is 2.18. The topological polar surface area (TPSA) is 137 Å². The first-order valence-electron chi connectivity index (χ1n) is 9.68. The molecule has 0 saturated carbocycles. The summed E-state index contributed by atoms with van der Waals surface area (Å²) in [7, 11) is 2.74. The Labute approximate surface area is 183 Å². The summed E-state index contributed by atoms with van der Waals surface area (Å²) < 4.78 is 11.0. The average Bonchev–Trinajstić information content (AvgIpc) is 3.27. The van der Waals surface area contributed by atoms with E-state index in [1.807, 2.05) is 6.92 Å². The molecule has 32 heavy (non-hydrogen) atoms. The van der Waals surface area contributed by atoms with Crippen LogP contribution in [0.25, 0.3) is 5.82 Å². The third kappa shape index (κ3) is 5.06. The SMILES string of the molecule is CCc1c(C(=O)Nc2ccc(C(=O)NCC(=O)OC)cc2)cnn1-c1ccc(OC)nn1. The third-order valence-corrected chi connectivity index (χ3v) is 4.53. The van der Waals surface area contributed by atoms with E-state index in [-0.39, 0.29) is 12.5 Å². The fraction of sp³-hybridized carbons (Fsp3) is 0.238. The molecule has 0 unspecified atom stereocenters. The summed E-state index contributed by atoms with van der Waals surface area (Å²) in [5, 5.41) is 17.5. The van der Waals surface area contributed by atoms with Crippen molar-refractivity contribution in [2.75, 3.05) is 26.1 Å². The maximum absolute atomic E-state index is 12.8. The first-order valence-corrected chi connectivity index (χ1v) is 9.68. The fourth-order valence-corrected chi connectivity index (χ4v) is 2.87. The molecule has 2 amide bonds. The van der Waals surface area contributed by atoms with Gasteiger partial charge in [0, 0.05) is 17.3 Å². The number of ether oxygens (including phenoxy) is 2. The molecule has 0 aliphatic carbocycles. The van der Waals surface area contributed by atoms with Crippen LogP contribution < -0.4 is 15.4 Å². The standard InChI is InChI=1S/C21H22N6O5/c1-4-16-15(11-23-27(16)17-9-10-18(31-2)26-25-17)21(30)24-14-7-5-13(6-8-14)20(29)22-12-19(28)32-3/h5-11H,4,12H2,1-3H3,(H,22,29)(H,24,30). The number of aromatic nitrogens is 4. The van der Waals surface area contributed by atoms with Gasteiger partial charge < -0.3 is 20.1 Å². The second kappa shape index (κ2) is 10.2. The van der Waals surface area contributed by atoms with Crippen LogP contribution in [0.5, 0.6) is 5.88 Å². The van der Waals surface area contributed by atoms with Crippen LogP contribution in [0.4, 0.5) is 5.69 Å². The van der Waals surface area contributed by atoms with Crippen molar-refractivity contribution in [3.8, 4) is 11.7 Å². The zero-order valence-corrected chi connectivity index (χ0v) is 17.8. The Hall–Kier alpha value is -4.28. The van der Waals surface area contributed by atoms with Crippen molar-refractivity contribution in [1.82, 2.24) is 25.3 Å². The Morgan fingerprint density at radius 2 is 1.75 bits per heavy atom. The van der Waals surface area contributed by atoms with Crippen LogP contribution in [0.2, 0.25) is 0 Å². The third-order valence-electron chi connectivity index (χ3n) is 4.53. The normalized spacial score (nSPS) is 10.3. The van der Waals surface area contributed by atoms with Crippen molar-refractivity contribution >= 4 is 23.5 Å². The number of amides is 2. The van der Waals surface area contributed by atoms with Crippen LogP contribution in [-0.4, -0.2) is 58.5 Å². The summed E-state index contributed by atoms with van der Waals surface area (Å²) in [5.74, 6) is -0.487. The zero-order valence-electron chi connectivity index (χ0n) is 17.8. The Morgan fingerprint density at radius 3 is 2.34 bits per heavy atom. The smallest absolute Gasteiger partial charge is 0.325 e. The van der Waals surface area contributed by atoms with E-state index < -0.39 is 11.9 Å². The largest absolute Gasteiger partial charge is 0.480 e. The quantitative estimate of drug-likeness (QED) is 0.503. The van der Waals surface area contributed by atoms with Gasteiger partial charge in [-0.05, 0) is 36.8 Å². The van der Waals surface area contributed by atoms with Crippen molar-refractivity contribution in [3.63, 3.8) is 0 Å². The fourth-order valence-electron chi connectivity index (χ4n) is 2.87. The van der Waals surface area contributed by atoms with Gasteiger partial charge in [-0.2, -0.15) is 5.10 Å².